The van der Waals surface area contributed by atoms with E-state index < -0.39 is 35.0 Å². The molecule has 0 fully saturated rings. The number of rotatable bonds is 14. The van der Waals surface area contributed by atoms with Crippen molar-refractivity contribution in [2.45, 2.75) is 6.92 Å². The molecule has 0 saturated carbocycles. The Hall–Kier alpha value is -5.43. The first kappa shape index (κ1) is 40.2. The maximum atomic E-state index is 12.6. The summed E-state index contributed by atoms with van der Waals surface area (Å²) in [5.41, 5.74) is 2.43. The lowest BCUT2D eigenvalue weighted by Gasteiger charge is -2.23. The summed E-state index contributed by atoms with van der Waals surface area (Å²) >= 11 is 0. The van der Waals surface area contributed by atoms with Crippen molar-refractivity contribution in [3.8, 4) is 79.4 Å². The molecule has 6 rings (SSSR count). The second-order valence-corrected chi connectivity index (χ2v) is 15.4. The van der Waals surface area contributed by atoms with Crippen LogP contribution in [0.25, 0.3) is 33.4 Å². The van der Waals surface area contributed by atoms with Crippen molar-refractivity contribution in [1.29, 1.82) is 0 Å². The second-order valence-electron chi connectivity index (χ2n) is 11.9. The van der Waals surface area contributed by atoms with Crippen molar-refractivity contribution >= 4 is 23.5 Å². The number of hydrogen-bond donors (Lipinski definition) is 6. The first-order valence-corrected chi connectivity index (χ1v) is 20.9. The van der Waals surface area contributed by atoms with Crippen molar-refractivity contribution < 1.29 is 70.8 Å². The summed E-state index contributed by atoms with van der Waals surface area (Å²) in [7, 11) is -14.5. The Morgan fingerprint density at radius 2 is 0.893 bits per heavy atom. The van der Waals surface area contributed by atoms with Gasteiger partial charge in [0.2, 0.25) is 5.75 Å². The molecular formula is C38H33O15P3. The highest BCUT2D eigenvalue weighted by molar-refractivity contribution is 7.47. The second kappa shape index (κ2) is 16.4. The number of phosphoric acid groups is 3. The molecule has 0 unspecified atom stereocenters. The van der Waals surface area contributed by atoms with Gasteiger partial charge in [-0.2, -0.15) is 0 Å². The van der Waals surface area contributed by atoms with E-state index in [-0.39, 0.29) is 45.6 Å². The molecule has 18 heteroatoms. The number of phosphoric ester groups is 3. The average Bonchev–Trinajstić information content (AvgIpc) is 3.13. The van der Waals surface area contributed by atoms with E-state index in [2.05, 4.69) is 0 Å². The Labute approximate surface area is 320 Å². The third-order valence-electron chi connectivity index (χ3n) is 7.86. The van der Waals surface area contributed by atoms with Crippen LogP contribution in [0.1, 0.15) is 5.56 Å². The Morgan fingerprint density at radius 1 is 0.429 bits per heavy atom. The Bertz CT molecular complexity index is 2500. The van der Waals surface area contributed by atoms with Gasteiger partial charge in [0.1, 0.15) is 5.75 Å². The summed E-state index contributed by atoms with van der Waals surface area (Å²) in [6.07, 6.45) is 0. The topological polar surface area (TPSA) is 228 Å². The standard InChI is InChI=1S/C38H33O15P3/c1-24-22-29(26-14-8-4-9-15-26)35(33(23-24)51-54(39,40)41)50-30-20-21-31(37(53-56(45,46)47)34(30)27-16-10-5-11-17-27)49-32-19-18-28(25-12-6-3-7-13-25)36(38(32)48-2)52-55(42,43)44/h3-23H,1-2H3,(H2,39,40,41)(H2,42,43,44)(H2,45,46,47). The molecule has 6 aromatic rings. The molecule has 290 valence electrons. The lowest BCUT2D eigenvalue weighted by atomic mass is 10.0. The highest BCUT2D eigenvalue weighted by Gasteiger charge is 2.31. The van der Waals surface area contributed by atoms with Gasteiger partial charge in [-0.25, -0.2) is 13.7 Å². The van der Waals surface area contributed by atoms with Crippen molar-refractivity contribution in [3.63, 3.8) is 0 Å². The molecule has 0 aliphatic carbocycles. The monoisotopic (exact) mass is 822 g/mol. The summed E-state index contributed by atoms with van der Waals surface area (Å²) in [6.45, 7) is 1.69. The number of hydrogen-bond acceptors (Lipinski definition) is 9. The van der Waals surface area contributed by atoms with Crippen LogP contribution in [0.5, 0.6) is 46.0 Å². The molecule has 0 spiro atoms. The largest absolute Gasteiger partial charge is 0.524 e. The molecule has 0 aliphatic rings. The smallest absolute Gasteiger partial charge is 0.490 e. The van der Waals surface area contributed by atoms with Gasteiger partial charge in [-0.05, 0) is 65.6 Å². The Balaban J connectivity index is 1.59. The van der Waals surface area contributed by atoms with E-state index in [9.17, 15) is 43.1 Å². The zero-order valence-electron chi connectivity index (χ0n) is 29.3. The molecule has 0 atom stereocenters. The van der Waals surface area contributed by atoms with Gasteiger partial charge >= 0.3 is 23.5 Å². The van der Waals surface area contributed by atoms with Crippen LogP contribution in [-0.4, -0.2) is 36.5 Å². The third-order valence-corrected chi connectivity index (χ3v) is 9.14. The summed E-state index contributed by atoms with van der Waals surface area (Å²) < 4.78 is 70.6. The fraction of sp³-hybridized carbons (Fsp3) is 0.0526. The third kappa shape index (κ3) is 9.86. The first-order chi connectivity index (χ1) is 26.5. The molecular weight excluding hydrogens is 789 g/mol. The van der Waals surface area contributed by atoms with Crippen LogP contribution >= 0.6 is 23.5 Å². The SMILES string of the molecule is COc1c(Oc2ccc(Oc3c(OP(=O)(O)O)cc(C)cc3-c3ccccc3)c(-c3ccccc3)c2OP(=O)(O)O)ccc(-c2ccccc2)c1OP(=O)(O)O. The minimum atomic E-state index is -5.40. The number of aryl methyl sites for hydroxylation is 1. The zero-order chi connectivity index (χ0) is 40.3. The predicted octanol–water partition coefficient (Wildman–Crippen LogP) is 9.00. The first-order valence-electron chi connectivity index (χ1n) is 16.3. The molecule has 0 aromatic heterocycles. The van der Waals surface area contributed by atoms with Crippen LogP contribution in [0.2, 0.25) is 0 Å². The summed E-state index contributed by atoms with van der Waals surface area (Å²) in [5.74, 6) is -2.39. The van der Waals surface area contributed by atoms with Gasteiger partial charge in [0.25, 0.3) is 0 Å². The summed E-state index contributed by atoms with van der Waals surface area (Å²) in [6, 6.07) is 33.9. The van der Waals surface area contributed by atoms with E-state index in [0.29, 0.717) is 27.8 Å². The van der Waals surface area contributed by atoms with Gasteiger partial charge in [0.15, 0.2) is 34.5 Å². The molecule has 0 heterocycles. The van der Waals surface area contributed by atoms with Gasteiger partial charge in [0.05, 0.1) is 12.7 Å². The molecule has 0 saturated heterocycles. The van der Waals surface area contributed by atoms with Crippen molar-refractivity contribution in [2.75, 3.05) is 7.11 Å². The van der Waals surface area contributed by atoms with Gasteiger partial charge in [-0.15, -0.1) is 0 Å². The van der Waals surface area contributed by atoms with Crippen molar-refractivity contribution in [2.24, 2.45) is 0 Å². The predicted molar refractivity (Wildman–Crippen MR) is 205 cm³/mol. The molecule has 0 amide bonds. The molecule has 56 heavy (non-hydrogen) atoms. The number of methoxy groups -OCH3 is 1. The summed E-state index contributed by atoms with van der Waals surface area (Å²) in [4.78, 5) is 59.8. The zero-order valence-corrected chi connectivity index (χ0v) is 32.0. The van der Waals surface area contributed by atoms with Crippen LogP contribution in [-0.2, 0) is 13.7 Å². The maximum absolute atomic E-state index is 12.6. The van der Waals surface area contributed by atoms with Gasteiger partial charge < -0.3 is 27.8 Å². The van der Waals surface area contributed by atoms with Crippen LogP contribution in [0.15, 0.2) is 127 Å². The number of ether oxygens (including phenoxy) is 3. The average molecular weight is 823 g/mol. The van der Waals surface area contributed by atoms with E-state index in [4.69, 9.17) is 27.8 Å². The normalized spacial score (nSPS) is 11.8. The minimum absolute atomic E-state index is 0.0836. The lowest BCUT2D eigenvalue weighted by molar-refractivity contribution is 0.271. The van der Waals surface area contributed by atoms with Crippen molar-refractivity contribution in [1.82, 2.24) is 0 Å². The Morgan fingerprint density at radius 3 is 1.43 bits per heavy atom. The van der Waals surface area contributed by atoms with Crippen LogP contribution < -0.4 is 27.8 Å². The highest BCUT2D eigenvalue weighted by atomic mass is 31.2. The highest BCUT2D eigenvalue weighted by Crippen LogP contribution is 2.57. The van der Waals surface area contributed by atoms with Crippen LogP contribution in [0.3, 0.4) is 0 Å². The maximum Gasteiger partial charge on any atom is 0.524 e. The molecule has 0 radical (unpaired) electrons. The van der Waals surface area contributed by atoms with Gasteiger partial charge in [0, 0.05) is 11.1 Å². The molecule has 6 aromatic carbocycles. The van der Waals surface area contributed by atoms with Crippen LogP contribution in [0, 0.1) is 6.92 Å². The summed E-state index contributed by atoms with van der Waals surface area (Å²) in [5, 5.41) is 0. The van der Waals surface area contributed by atoms with Crippen molar-refractivity contribution in [3.05, 3.63) is 133 Å². The minimum Gasteiger partial charge on any atom is -0.490 e. The van der Waals surface area contributed by atoms with Gasteiger partial charge in [-0.3, -0.25) is 29.4 Å². The van der Waals surface area contributed by atoms with E-state index in [1.54, 1.807) is 104 Å². The molecule has 6 N–H and O–H groups in total. The fourth-order valence-electron chi connectivity index (χ4n) is 5.77. The Kier molecular flexibility index (Phi) is 11.7. The lowest BCUT2D eigenvalue weighted by Crippen LogP contribution is -2.02. The quantitative estimate of drug-likeness (QED) is 0.0563. The number of benzene rings is 6. The van der Waals surface area contributed by atoms with Gasteiger partial charge in [-0.1, -0.05) is 91.0 Å². The van der Waals surface area contributed by atoms with E-state index >= 15 is 0 Å². The van der Waals surface area contributed by atoms with E-state index in [0.717, 1.165) is 0 Å². The van der Waals surface area contributed by atoms with E-state index in [1.165, 1.54) is 37.4 Å². The molecule has 0 aliphatic heterocycles. The fourth-order valence-corrected chi connectivity index (χ4v) is 7.00. The van der Waals surface area contributed by atoms with Crippen LogP contribution in [0.4, 0.5) is 0 Å². The molecule has 15 nitrogen and oxygen atoms in total. The van der Waals surface area contributed by atoms with E-state index in [1.807, 2.05) is 0 Å². The molecule has 0 bridgehead atoms.